The molecule has 1 fully saturated rings. The molecular formula is C9H12FN3O2S. The van der Waals surface area contributed by atoms with Crippen LogP contribution >= 0.6 is 0 Å². The summed E-state index contributed by atoms with van der Waals surface area (Å²) in [5.74, 6) is -0.660. The van der Waals surface area contributed by atoms with E-state index in [9.17, 15) is 12.8 Å². The van der Waals surface area contributed by atoms with E-state index in [1.54, 1.807) is 0 Å². The fourth-order valence-electron chi connectivity index (χ4n) is 1.58. The van der Waals surface area contributed by atoms with E-state index in [0.717, 1.165) is 31.4 Å². The minimum Gasteiger partial charge on any atom is -0.315 e. The van der Waals surface area contributed by atoms with E-state index in [4.69, 9.17) is 0 Å². The van der Waals surface area contributed by atoms with Gasteiger partial charge in [-0.2, -0.15) is 0 Å². The molecule has 2 heterocycles. The van der Waals surface area contributed by atoms with Crippen molar-refractivity contribution in [3.8, 4) is 0 Å². The first-order valence-corrected chi connectivity index (χ1v) is 6.40. The van der Waals surface area contributed by atoms with Gasteiger partial charge in [-0.3, -0.25) is 4.98 Å². The van der Waals surface area contributed by atoms with E-state index in [0.29, 0.717) is 6.54 Å². The zero-order chi connectivity index (χ0) is 11.6. The summed E-state index contributed by atoms with van der Waals surface area (Å²) in [6.07, 6.45) is 2.84. The van der Waals surface area contributed by atoms with Crippen LogP contribution in [0.25, 0.3) is 0 Å². The molecule has 7 heteroatoms. The van der Waals surface area contributed by atoms with Gasteiger partial charge < -0.3 is 5.32 Å². The molecule has 1 aromatic heterocycles. The summed E-state index contributed by atoms with van der Waals surface area (Å²) in [4.78, 5) is 3.38. The Balaban J connectivity index is 2.18. The van der Waals surface area contributed by atoms with Gasteiger partial charge in [-0.25, -0.2) is 17.5 Å². The Labute approximate surface area is 93.1 Å². The maximum absolute atomic E-state index is 12.8. The number of hydrogen-bond donors (Lipinski definition) is 2. The smallest absolute Gasteiger partial charge is 0.242 e. The number of sulfonamides is 1. The van der Waals surface area contributed by atoms with E-state index in [1.807, 2.05) is 0 Å². The van der Waals surface area contributed by atoms with E-state index >= 15 is 0 Å². The van der Waals surface area contributed by atoms with Gasteiger partial charge in [0, 0.05) is 18.8 Å². The van der Waals surface area contributed by atoms with Gasteiger partial charge in [0.15, 0.2) is 0 Å². The van der Waals surface area contributed by atoms with Gasteiger partial charge in [0.2, 0.25) is 10.0 Å². The maximum Gasteiger partial charge on any atom is 0.242 e. The Hall–Kier alpha value is -1.05. The Bertz CT molecular complexity index is 471. The Morgan fingerprint density at radius 1 is 1.50 bits per heavy atom. The molecule has 0 spiro atoms. The SMILES string of the molecule is O=S(=O)(NC1CCNC1)c1cncc(F)c1. The summed E-state index contributed by atoms with van der Waals surface area (Å²) in [7, 11) is -3.66. The van der Waals surface area contributed by atoms with E-state index in [2.05, 4.69) is 15.0 Å². The lowest BCUT2D eigenvalue weighted by Gasteiger charge is -2.11. The number of nitrogens with zero attached hydrogens (tertiary/aromatic N) is 1. The molecule has 0 aliphatic carbocycles. The van der Waals surface area contributed by atoms with Crippen molar-refractivity contribution in [1.29, 1.82) is 0 Å². The molecular weight excluding hydrogens is 233 g/mol. The number of aromatic nitrogens is 1. The summed E-state index contributed by atoms with van der Waals surface area (Å²) >= 11 is 0. The molecule has 1 aliphatic rings. The van der Waals surface area contributed by atoms with Crippen LogP contribution in [0.15, 0.2) is 23.4 Å². The first kappa shape index (κ1) is 11.4. The summed E-state index contributed by atoms with van der Waals surface area (Å²) in [6.45, 7) is 1.39. The second-order valence-corrected chi connectivity index (χ2v) is 5.36. The fraction of sp³-hybridized carbons (Fsp3) is 0.444. The van der Waals surface area contributed by atoms with Crippen molar-refractivity contribution in [2.24, 2.45) is 0 Å². The molecule has 1 atom stereocenters. The van der Waals surface area contributed by atoms with Crippen LogP contribution in [0.4, 0.5) is 4.39 Å². The van der Waals surface area contributed by atoms with Gasteiger partial charge in [0.25, 0.3) is 0 Å². The molecule has 1 aromatic rings. The second kappa shape index (κ2) is 4.44. The molecule has 2 rings (SSSR count). The largest absolute Gasteiger partial charge is 0.315 e. The summed E-state index contributed by atoms with van der Waals surface area (Å²) in [6, 6.07) is 0.825. The topological polar surface area (TPSA) is 71.1 Å². The first-order valence-electron chi connectivity index (χ1n) is 4.91. The average molecular weight is 245 g/mol. The summed E-state index contributed by atoms with van der Waals surface area (Å²) < 4.78 is 38.9. The Morgan fingerprint density at radius 3 is 2.94 bits per heavy atom. The van der Waals surface area contributed by atoms with Crippen LogP contribution in [0.1, 0.15) is 6.42 Å². The number of halogens is 1. The van der Waals surface area contributed by atoms with Gasteiger partial charge in [-0.05, 0) is 19.0 Å². The number of pyridine rings is 1. The molecule has 2 N–H and O–H groups in total. The van der Waals surface area contributed by atoms with E-state index in [1.165, 1.54) is 0 Å². The lowest BCUT2D eigenvalue weighted by molar-refractivity contribution is 0.556. The summed E-state index contributed by atoms with van der Waals surface area (Å²) in [5, 5.41) is 3.04. The zero-order valence-corrected chi connectivity index (χ0v) is 9.30. The predicted octanol–water partition coefficient (Wildman–Crippen LogP) is -0.139. The van der Waals surface area contributed by atoms with Crippen LogP contribution in [-0.4, -0.2) is 32.5 Å². The zero-order valence-electron chi connectivity index (χ0n) is 8.48. The maximum atomic E-state index is 12.8. The molecule has 0 saturated carbocycles. The molecule has 88 valence electrons. The minimum atomic E-state index is -3.66. The minimum absolute atomic E-state index is 0.131. The van der Waals surface area contributed by atoms with Crippen molar-refractivity contribution in [1.82, 2.24) is 15.0 Å². The van der Waals surface area contributed by atoms with Crippen LogP contribution in [0.3, 0.4) is 0 Å². The van der Waals surface area contributed by atoms with Crippen LogP contribution in [0.2, 0.25) is 0 Å². The van der Waals surface area contributed by atoms with Crippen molar-refractivity contribution in [3.05, 3.63) is 24.3 Å². The standard InChI is InChI=1S/C9H12FN3O2S/c10-7-3-9(6-12-4-7)16(14,15)13-8-1-2-11-5-8/h3-4,6,8,11,13H,1-2,5H2. The molecule has 0 aromatic carbocycles. The fourth-order valence-corrected chi connectivity index (χ4v) is 2.83. The molecule has 1 aliphatic heterocycles. The highest BCUT2D eigenvalue weighted by molar-refractivity contribution is 7.89. The van der Waals surface area contributed by atoms with Crippen molar-refractivity contribution in [2.75, 3.05) is 13.1 Å². The van der Waals surface area contributed by atoms with Gasteiger partial charge in [0.1, 0.15) is 10.7 Å². The van der Waals surface area contributed by atoms with E-state index < -0.39 is 15.8 Å². The highest BCUT2D eigenvalue weighted by atomic mass is 32.2. The van der Waals surface area contributed by atoms with Crippen molar-refractivity contribution < 1.29 is 12.8 Å². The van der Waals surface area contributed by atoms with Gasteiger partial charge in [0.05, 0.1) is 6.20 Å². The second-order valence-electron chi connectivity index (χ2n) is 3.65. The molecule has 1 saturated heterocycles. The first-order chi connectivity index (χ1) is 7.58. The Morgan fingerprint density at radius 2 is 2.31 bits per heavy atom. The predicted molar refractivity (Wildman–Crippen MR) is 55.8 cm³/mol. The molecule has 0 radical (unpaired) electrons. The highest BCUT2D eigenvalue weighted by Crippen LogP contribution is 2.10. The highest BCUT2D eigenvalue weighted by Gasteiger charge is 2.23. The van der Waals surface area contributed by atoms with Crippen molar-refractivity contribution in [3.63, 3.8) is 0 Å². The third kappa shape index (κ3) is 2.55. The van der Waals surface area contributed by atoms with Crippen molar-refractivity contribution in [2.45, 2.75) is 17.4 Å². The van der Waals surface area contributed by atoms with Gasteiger partial charge in [-0.1, -0.05) is 0 Å². The number of hydrogen-bond acceptors (Lipinski definition) is 4. The lowest BCUT2D eigenvalue weighted by atomic mass is 10.3. The number of nitrogens with one attached hydrogen (secondary N) is 2. The quantitative estimate of drug-likeness (QED) is 0.777. The third-order valence-electron chi connectivity index (χ3n) is 2.37. The number of rotatable bonds is 3. The summed E-state index contributed by atoms with van der Waals surface area (Å²) in [5.41, 5.74) is 0. The van der Waals surface area contributed by atoms with Crippen LogP contribution in [-0.2, 0) is 10.0 Å². The third-order valence-corrected chi connectivity index (χ3v) is 3.86. The molecule has 16 heavy (non-hydrogen) atoms. The van der Waals surface area contributed by atoms with Crippen LogP contribution in [0, 0.1) is 5.82 Å². The molecule has 0 amide bonds. The monoisotopic (exact) mass is 245 g/mol. The van der Waals surface area contributed by atoms with Crippen LogP contribution in [0.5, 0.6) is 0 Å². The normalized spacial score (nSPS) is 21.2. The molecule has 5 nitrogen and oxygen atoms in total. The van der Waals surface area contributed by atoms with Gasteiger partial charge in [-0.15, -0.1) is 0 Å². The molecule has 1 unspecified atom stereocenters. The Kier molecular flexibility index (Phi) is 3.17. The lowest BCUT2D eigenvalue weighted by Crippen LogP contribution is -2.36. The van der Waals surface area contributed by atoms with Crippen LogP contribution < -0.4 is 10.0 Å². The average Bonchev–Trinajstić information content (AvgIpc) is 2.70. The van der Waals surface area contributed by atoms with Gasteiger partial charge >= 0.3 is 0 Å². The molecule has 0 bridgehead atoms. The van der Waals surface area contributed by atoms with Crippen molar-refractivity contribution >= 4 is 10.0 Å². The van der Waals surface area contributed by atoms with E-state index in [-0.39, 0.29) is 10.9 Å².